The third-order valence-corrected chi connectivity index (χ3v) is 5.12. The number of fused-ring (bicyclic) bond motifs is 1. The summed E-state index contributed by atoms with van der Waals surface area (Å²) in [7, 11) is 0. The second kappa shape index (κ2) is 6.40. The fourth-order valence-electron chi connectivity index (χ4n) is 3.67. The first-order valence-corrected chi connectivity index (χ1v) is 8.56. The van der Waals surface area contributed by atoms with E-state index in [0.29, 0.717) is 18.5 Å². The summed E-state index contributed by atoms with van der Waals surface area (Å²) < 4.78 is 5.51. The smallest absolute Gasteiger partial charge is 0.312 e. The summed E-state index contributed by atoms with van der Waals surface area (Å²) in [5.74, 6) is -0.332. The van der Waals surface area contributed by atoms with Crippen LogP contribution in [0.4, 0.5) is 0 Å². The Morgan fingerprint density at radius 1 is 1.36 bits per heavy atom. The van der Waals surface area contributed by atoms with Crippen molar-refractivity contribution in [2.75, 3.05) is 19.6 Å². The van der Waals surface area contributed by atoms with E-state index in [2.05, 4.69) is 20.6 Å². The number of rotatable bonds is 3. The first-order valence-electron chi connectivity index (χ1n) is 8.56. The Kier molecular flexibility index (Phi) is 4.09. The molecular weight excluding hydrogens is 320 g/mol. The number of hydrogen-bond acceptors (Lipinski definition) is 6. The van der Waals surface area contributed by atoms with Crippen molar-refractivity contribution in [3.63, 3.8) is 0 Å². The summed E-state index contributed by atoms with van der Waals surface area (Å²) in [6, 6.07) is 3.60. The van der Waals surface area contributed by atoms with Gasteiger partial charge in [-0.15, -0.1) is 0 Å². The zero-order valence-electron chi connectivity index (χ0n) is 13.8. The molecule has 7 nitrogen and oxygen atoms in total. The molecule has 2 N–H and O–H groups in total. The molecule has 1 atom stereocenters. The Labute approximate surface area is 145 Å². The van der Waals surface area contributed by atoms with Gasteiger partial charge in [0.25, 0.3) is 5.91 Å². The molecule has 2 aromatic heterocycles. The van der Waals surface area contributed by atoms with Crippen LogP contribution in [0.2, 0.25) is 0 Å². The number of carbonyl (C=O) groups excluding carboxylic acids is 2. The van der Waals surface area contributed by atoms with E-state index in [-0.39, 0.29) is 23.4 Å². The average molecular weight is 340 g/mol. The van der Waals surface area contributed by atoms with E-state index in [1.54, 1.807) is 18.5 Å². The molecule has 2 aromatic rings. The minimum Gasteiger partial charge on any atom is -0.460 e. The van der Waals surface area contributed by atoms with E-state index in [4.69, 9.17) is 4.74 Å². The quantitative estimate of drug-likeness (QED) is 0.811. The predicted octanol–water partition coefficient (Wildman–Crippen LogP) is 1.04. The number of esters is 1. The lowest BCUT2D eigenvalue weighted by Crippen LogP contribution is -2.39. The largest absolute Gasteiger partial charge is 0.460 e. The molecule has 130 valence electrons. The molecule has 2 saturated heterocycles. The van der Waals surface area contributed by atoms with Crippen molar-refractivity contribution in [3.8, 4) is 0 Å². The summed E-state index contributed by atoms with van der Waals surface area (Å²) in [4.78, 5) is 32.9. The number of pyridine rings is 2. The van der Waals surface area contributed by atoms with Crippen LogP contribution in [0, 0.1) is 5.41 Å². The summed E-state index contributed by atoms with van der Waals surface area (Å²) in [5.41, 5.74) is 0.870. The molecule has 1 unspecified atom stereocenters. The highest BCUT2D eigenvalue weighted by Gasteiger charge is 2.49. The lowest BCUT2D eigenvalue weighted by atomic mass is 9.76. The van der Waals surface area contributed by atoms with Gasteiger partial charge in [-0.05, 0) is 38.1 Å². The number of carbonyl (C=O) groups is 2. The standard InChI is InChI=1S/C18H20N4O3/c23-16(13-7-12-1-4-20-11-15(12)21-9-13)22-10-14-8-18(17(24)25-14)2-5-19-6-3-18/h1,4,7,9,11,14,19H,2-3,5-6,8,10H2,(H,22,23). The first-order chi connectivity index (χ1) is 12.2. The molecule has 1 spiro atoms. The van der Waals surface area contributed by atoms with Gasteiger partial charge in [0.05, 0.1) is 29.2 Å². The molecule has 4 rings (SSSR count). The van der Waals surface area contributed by atoms with Crippen LogP contribution in [0.5, 0.6) is 0 Å². The van der Waals surface area contributed by atoms with E-state index >= 15 is 0 Å². The van der Waals surface area contributed by atoms with Crippen molar-refractivity contribution in [2.24, 2.45) is 5.41 Å². The van der Waals surface area contributed by atoms with Crippen LogP contribution in [-0.4, -0.2) is 47.6 Å². The summed E-state index contributed by atoms with van der Waals surface area (Å²) in [6.45, 7) is 2.01. The summed E-state index contributed by atoms with van der Waals surface area (Å²) in [6.07, 6.45) is 6.89. The van der Waals surface area contributed by atoms with Crippen LogP contribution in [0.3, 0.4) is 0 Å². The number of piperidine rings is 1. The number of nitrogens with zero attached hydrogens (tertiary/aromatic N) is 2. The van der Waals surface area contributed by atoms with Crippen molar-refractivity contribution in [2.45, 2.75) is 25.4 Å². The summed E-state index contributed by atoms with van der Waals surface area (Å²) >= 11 is 0. The Bertz CT molecular complexity index is 817. The Morgan fingerprint density at radius 3 is 3.04 bits per heavy atom. The molecule has 25 heavy (non-hydrogen) atoms. The van der Waals surface area contributed by atoms with Crippen LogP contribution < -0.4 is 10.6 Å². The molecular formula is C18H20N4O3. The van der Waals surface area contributed by atoms with Gasteiger partial charge in [-0.2, -0.15) is 0 Å². The van der Waals surface area contributed by atoms with E-state index in [1.165, 1.54) is 6.20 Å². The normalized spacial score (nSPS) is 22.1. The van der Waals surface area contributed by atoms with Crippen LogP contribution in [-0.2, 0) is 9.53 Å². The molecule has 2 aliphatic heterocycles. The van der Waals surface area contributed by atoms with Crippen molar-refractivity contribution in [1.29, 1.82) is 0 Å². The number of amides is 1. The van der Waals surface area contributed by atoms with Gasteiger partial charge in [0.15, 0.2) is 0 Å². The maximum Gasteiger partial charge on any atom is 0.312 e. The molecule has 0 aromatic carbocycles. The van der Waals surface area contributed by atoms with E-state index in [1.807, 2.05) is 6.07 Å². The van der Waals surface area contributed by atoms with Gasteiger partial charge in [-0.25, -0.2) is 0 Å². The lowest BCUT2D eigenvalue weighted by molar-refractivity contribution is -0.149. The molecule has 2 fully saturated rings. The highest BCUT2D eigenvalue weighted by molar-refractivity contribution is 5.97. The Balaban J connectivity index is 1.39. The van der Waals surface area contributed by atoms with Gasteiger partial charge < -0.3 is 15.4 Å². The number of aromatic nitrogens is 2. The summed E-state index contributed by atoms with van der Waals surface area (Å²) in [5, 5.41) is 6.99. The molecule has 7 heteroatoms. The van der Waals surface area contributed by atoms with Crippen molar-refractivity contribution >= 4 is 22.8 Å². The van der Waals surface area contributed by atoms with Crippen LogP contribution >= 0.6 is 0 Å². The second-order valence-corrected chi connectivity index (χ2v) is 6.76. The van der Waals surface area contributed by atoms with E-state index in [9.17, 15) is 9.59 Å². The third kappa shape index (κ3) is 3.07. The zero-order valence-corrected chi connectivity index (χ0v) is 13.8. The number of hydrogen-bond donors (Lipinski definition) is 2. The predicted molar refractivity (Wildman–Crippen MR) is 90.9 cm³/mol. The average Bonchev–Trinajstić information content (AvgIpc) is 2.95. The monoisotopic (exact) mass is 340 g/mol. The van der Waals surface area contributed by atoms with Gasteiger partial charge in [-0.3, -0.25) is 19.6 Å². The SMILES string of the molecule is O=C(NCC1CC2(CCNCC2)C(=O)O1)c1cnc2cnccc2c1. The molecule has 2 aliphatic rings. The van der Waals surface area contributed by atoms with Gasteiger partial charge >= 0.3 is 5.97 Å². The van der Waals surface area contributed by atoms with Crippen LogP contribution in [0.15, 0.2) is 30.7 Å². The van der Waals surface area contributed by atoms with Crippen LogP contribution in [0.25, 0.3) is 10.9 Å². The number of nitrogens with one attached hydrogen (secondary N) is 2. The fraction of sp³-hybridized carbons (Fsp3) is 0.444. The Hall–Kier alpha value is -2.54. The third-order valence-electron chi connectivity index (χ3n) is 5.12. The number of ether oxygens (including phenoxy) is 1. The van der Waals surface area contributed by atoms with E-state index in [0.717, 1.165) is 36.8 Å². The van der Waals surface area contributed by atoms with E-state index < -0.39 is 0 Å². The fourth-order valence-corrected chi connectivity index (χ4v) is 3.67. The highest BCUT2D eigenvalue weighted by Crippen LogP contribution is 2.41. The highest BCUT2D eigenvalue weighted by atomic mass is 16.6. The van der Waals surface area contributed by atoms with Crippen molar-refractivity contribution in [3.05, 3.63) is 36.3 Å². The van der Waals surface area contributed by atoms with Crippen molar-refractivity contribution < 1.29 is 14.3 Å². The molecule has 1 amide bonds. The molecule has 0 radical (unpaired) electrons. The van der Waals surface area contributed by atoms with Gasteiger partial charge in [0, 0.05) is 24.2 Å². The van der Waals surface area contributed by atoms with Gasteiger partial charge in [-0.1, -0.05) is 0 Å². The molecule has 0 bridgehead atoms. The first kappa shape index (κ1) is 16.0. The van der Waals surface area contributed by atoms with Crippen LogP contribution in [0.1, 0.15) is 29.6 Å². The Morgan fingerprint density at radius 2 is 2.20 bits per heavy atom. The topological polar surface area (TPSA) is 93.2 Å². The van der Waals surface area contributed by atoms with Gasteiger partial charge in [0.2, 0.25) is 0 Å². The van der Waals surface area contributed by atoms with Gasteiger partial charge in [0.1, 0.15) is 6.10 Å². The molecule has 0 saturated carbocycles. The maximum atomic E-state index is 12.4. The minimum absolute atomic E-state index is 0.117. The zero-order chi connectivity index (χ0) is 17.3. The van der Waals surface area contributed by atoms with Crippen molar-refractivity contribution in [1.82, 2.24) is 20.6 Å². The lowest BCUT2D eigenvalue weighted by Gasteiger charge is -2.29. The molecule has 4 heterocycles. The minimum atomic E-state index is -0.363. The molecule has 0 aliphatic carbocycles. The maximum absolute atomic E-state index is 12.4. The number of cyclic esters (lactones) is 1. The second-order valence-electron chi connectivity index (χ2n) is 6.76.